The zero-order valence-electron chi connectivity index (χ0n) is 13.1. The number of nitrogens with one attached hydrogen (secondary N) is 1. The largest absolute Gasteiger partial charge is 0.326 e. The molecule has 1 fully saturated rings. The Morgan fingerprint density at radius 2 is 2.05 bits per heavy atom. The number of rotatable bonds is 8. The summed E-state index contributed by atoms with van der Waals surface area (Å²) < 4.78 is 0. The predicted molar refractivity (Wildman–Crippen MR) is 84.3 cm³/mol. The van der Waals surface area contributed by atoms with E-state index in [0.29, 0.717) is 17.7 Å². The zero-order valence-corrected chi connectivity index (χ0v) is 13.9. The van der Waals surface area contributed by atoms with Gasteiger partial charge < -0.3 is 4.90 Å². The van der Waals surface area contributed by atoms with Gasteiger partial charge in [0.1, 0.15) is 0 Å². The molecule has 0 radical (unpaired) electrons. The van der Waals surface area contributed by atoms with Crippen molar-refractivity contribution in [3.63, 3.8) is 0 Å². The first-order valence-electron chi connectivity index (χ1n) is 7.56. The molecule has 0 aliphatic carbocycles. The van der Waals surface area contributed by atoms with Gasteiger partial charge in [0.25, 0.3) is 0 Å². The Kier molecular flexibility index (Phi) is 7.22. The van der Waals surface area contributed by atoms with E-state index in [0.717, 1.165) is 31.6 Å². The summed E-state index contributed by atoms with van der Waals surface area (Å²) in [5, 5.41) is 3.57. The summed E-state index contributed by atoms with van der Waals surface area (Å²) in [5.74, 6) is 2.49. The molecule has 0 aromatic heterocycles. The summed E-state index contributed by atoms with van der Waals surface area (Å²) in [7, 11) is 0. The van der Waals surface area contributed by atoms with Gasteiger partial charge in [-0.05, 0) is 36.7 Å². The summed E-state index contributed by atoms with van der Waals surface area (Å²) in [6.07, 6.45) is 5.57. The smallest absolute Gasteiger partial charge is 0.241 e. The van der Waals surface area contributed by atoms with Gasteiger partial charge in [0.15, 0.2) is 0 Å². The van der Waals surface area contributed by atoms with Gasteiger partial charge in [-0.2, -0.15) is 11.8 Å². The molecule has 1 aliphatic rings. The predicted octanol–water partition coefficient (Wildman–Crippen LogP) is 2.96. The van der Waals surface area contributed by atoms with E-state index in [1.54, 1.807) is 0 Å². The Morgan fingerprint density at radius 1 is 1.37 bits per heavy atom. The Balaban J connectivity index is 2.67. The van der Waals surface area contributed by atoms with Crippen LogP contribution in [0.15, 0.2) is 0 Å². The van der Waals surface area contributed by atoms with Gasteiger partial charge in [0.2, 0.25) is 5.91 Å². The average molecular weight is 286 g/mol. The van der Waals surface area contributed by atoms with Crippen LogP contribution in [0.3, 0.4) is 0 Å². The standard InChI is InChI=1S/C15H30N2OS/c1-6-12(4)14-15(18)17(8-7-9-19-5)13(16-14)10-11(2)3/h11-14,16H,6-10H2,1-5H3. The molecule has 3 nitrogen and oxygen atoms in total. The van der Waals surface area contributed by atoms with E-state index in [2.05, 4.69) is 44.2 Å². The molecule has 1 aliphatic heterocycles. The number of hydrogen-bond donors (Lipinski definition) is 1. The van der Waals surface area contributed by atoms with E-state index in [4.69, 9.17) is 0 Å². The molecular weight excluding hydrogens is 256 g/mol. The number of amides is 1. The van der Waals surface area contributed by atoms with Crippen LogP contribution < -0.4 is 5.32 Å². The average Bonchev–Trinajstić information content (AvgIpc) is 2.66. The second-order valence-corrected chi connectivity index (χ2v) is 7.04. The summed E-state index contributed by atoms with van der Waals surface area (Å²) in [6.45, 7) is 9.68. The Morgan fingerprint density at radius 3 is 2.58 bits per heavy atom. The Hall–Kier alpha value is -0.220. The lowest BCUT2D eigenvalue weighted by Gasteiger charge is -2.25. The van der Waals surface area contributed by atoms with Gasteiger partial charge >= 0.3 is 0 Å². The summed E-state index contributed by atoms with van der Waals surface area (Å²) in [6, 6.07) is 0.0306. The second kappa shape index (κ2) is 8.15. The molecule has 0 saturated carbocycles. The quantitative estimate of drug-likeness (QED) is 0.696. The number of carbonyl (C=O) groups is 1. The fourth-order valence-corrected chi connectivity index (χ4v) is 3.05. The third-order valence-electron chi connectivity index (χ3n) is 3.95. The third-order valence-corrected chi connectivity index (χ3v) is 4.65. The maximum absolute atomic E-state index is 12.5. The summed E-state index contributed by atoms with van der Waals surface area (Å²) in [5.41, 5.74) is 0. The summed E-state index contributed by atoms with van der Waals surface area (Å²) in [4.78, 5) is 14.6. The van der Waals surface area contributed by atoms with Crippen LogP contribution in [0.2, 0.25) is 0 Å². The molecule has 3 unspecified atom stereocenters. The van der Waals surface area contributed by atoms with Crippen molar-refractivity contribution in [3.05, 3.63) is 0 Å². The van der Waals surface area contributed by atoms with Gasteiger partial charge in [-0.1, -0.05) is 34.1 Å². The van der Waals surface area contributed by atoms with Crippen molar-refractivity contribution < 1.29 is 4.79 Å². The maximum atomic E-state index is 12.5. The van der Waals surface area contributed by atoms with Gasteiger partial charge in [-0.3, -0.25) is 10.1 Å². The van der Waals surface area contributed by atoms with E-state index in [1.165, 1.54) is 0 Å². The highest BCUT2D eigenvalue weighted by atomic mass is 32.2. The molecule has 3 atom stereocenters. The first-order chi connectivity index (χ1) is 9.01. The number of carbonyl (C=O) groups excluding carboxylic acids is 1. The highest BCUT2D eigenvalue weighted by Gasteiger charge is 2.40. The monoisotopic (exact) mass is 286 g/mol. The fourth-order valence-electron chi connectivity index (χ4n) is 2.63. The van der Waals surface area contributed by atoms with Crippen LogP contribution in [0.1, 0.15) is 47.0 Å². The minimum absolute atomic E-state index is 0.0306. The maximum Gasteiger partial charge on any atom is 0.241 e. The molecule has 1 amide bonds. The van der Waals surface area contributed by atoms with Crippen LogP contribution in [0, 0.1) is 11.8 Å². The van der Waals surface area contributed by atoms with E-state index in [-0.39, 0.29) is 12.2 Å². The molecule has 0 aromatic carbocycles. The lowest BCUT2D eigenvalue weighted by molar-refractivity contribution is -0.131. The SMILES string of the molecule is CCC(C)C1NC(CC(C)C)N(CCCSC)C1=O. The summed E-state index contributed by atoms with van der Waals surface area (Å²) >= 11 is 1.85. The van der Waals surface area contributed by atoms with Gasteiger partial charge in [-0.15, -0.1) is 0 Å². The molecular formula is C15H30N2OS. The molecule has 1 saturated heterocycles. The van der Waals surface area contributed by atoms with Crippen LogP contribution in [0.25, 0.3) is 0 Å². The third kappa shape index (κ3) is 4.67. The molecule has 19 heavy (non-hydrogen) atoms. The highest BCUT2D eigenvalue weighted by molar-refractivity contribution is 7.98. The van der Waals surface area contributed by atoms with Gasteiger partial charge in [0.05, 0.1) is 12.2 Å². The van der Waals surface area contributed by atoms with Crippen molar-refractivity contribution in [3.8, 4) is 0 Å². The minimum atomic E-state index is 0.0306. The molecule has 0 spiro atoms. The molecule has 4 heteroatoms. The lowest BCUT2D eigenvalue weighted by Crippen LogP contribution is -2.39. The molecule has 1 heterocycles. The second-order valence-electron chi connectivity index (χ2n) is 6.05. The van der Waals surface area contributed by atoms with Crippen LogP contribution in [-0.2, 0) is 4.79 Å². The van der Waals surface area contributed by atoms with Crippen molar-refractivity contribution in [1.82, 2.24) is 10.2 Å². The molecule has 1 rings (SSSR count). The van der Waals surface area contributed by atoms with Crippen LogP contribution in [0.4, 0.5) is 0 Å². The number of nitrogens with zero attached hydrogens (tertiary/aromatic N) is 1. The van der Waals surface area contributed by atoms with Crippen LogP contribution in [0.5, 0.6) is 0 Å². The van der Waals surface area contributed by atoms with Crippen molar-refractivity contribution in [2.45, 2.75) is 59.2 Å². The molecule has 0 bridgehead atoms. The number of thioether (sulfide) groups is 1. The topological polar surface area (TPSA) is 32.3 Å². The fraction of sp³-hybridized carbons (Fsp3) is 0.933. The first-order valence-corrected chi connectivity index (χ1v) is 8.96. The van der Waals surface area contributed by atoms with Crippen molar-refractivity contribution in [1.29, 1.82) is 0 Å². The van der Waals surface area contributed by atoms with Crippen LogP contribution in [-0.4, -0.2) is 41.6 Å². The Bertz CT molecular complexity index is 283. The van der Waals surface area contributed by atoms with E-state index in [9.17, 15) is 4.79 Å². The van der Waals surface area contributed by atoms with Crippen molar-refractivity contribution in [2.24, 2.45) is 11.8 Å². The van der Waals surface area contributed by atoms with Crippen LogP contribution >= 0.6 is 11.8 Å². The molecule has 1 N–H and O–H groups in total. The first kappa shape index (κ1) is 16.8. The normalized spacial score (nSPS) is 25.4. The van der Waals surface area contributed by atoms with Crippen molar-refractivity contribution >= 4 is 17.7 Å². The minimum Gasteiger partial charge on any atom is -0.326 e. The van der Waals surface area contributed by atoms with E-state index in [1.807, 2.05) is 11.8 Å². The zero-order chi connectivity index (χ0) is 14.4. The highest BCUT2D eigenvalue weighted by Crippen LogP contribution is 2.23. The van der Waals surface area contributed by atoms with E-state index >= 15 is 0 Å². The lowest BCUT2D eigenvalue weighted by atomic mass is 9.99. The number of hydrogen-bond acceptors (Lipinski definition) is 3. The van der Waals surface area contributed by atoms with Crippen molar-refractivity contribution in [2.75, 3.05) is 18.6 Å². The van der Waals surface area contributed by atoms with Gasteiger partial charge in [-0.25, -0.2) is 0 Å². The molecule has 0 aromatic rings. The molecule has 112 valence electrons. The van der Waals surface area contributed by atoms with E-state index < -0.39 is 0 Å². The van der Waals surface area contributed by atoms with Gasteiger partial charge in [0, 0.05) is 6.54 Å². The Labute approximate surface area is 122 Å².